The number of halogens is 1. The van der Waals surface area contributed by atoms with Gasteiger partial charge in [-0.15, -0.1) is 11.3 Å². The first-order valence-electron chi connectivity index (χ1n) is 10.5. The number of methoxy groups -OCH3 is 1. The molecule has 1 N–H and O–H groups in total. The van der Waals surface area contributed by atoms with Crippen molar-refractivity contribution in [3.8, 4) is 16.3 Å². The molecule has 0 aliphatic carbocycles. The Hall–Kier alpha value is -2.46. The zero-order valence-corrected chi connectivity index (χ0v) is 20.4. The van der Waals surface area contributed by atoms with Crippen LogP contribution < -0.4 is 10.1 Å². The van der Waals surface area contributed by atoms with E-state index in [9.17, 15) is 13.2 Å². The van der Waals surface area contributed by atoms with Crippen molar-refractivity contribution >= 4 is 38.9 Å². The SMILES string of the molecule is COc1cc(C(=O)NCC2CCN(S(=O)(=O)c3ccc(-c4ccccn4)s3)CC2)ccc1Cl. The van der Waals surface area contributed by atoms with Gasteiger partial charge < -0.3 is 10.1 Å². The predicted octanol–water partition coefficient (Wildman–Crippen LogP) is 4.30. The Morgan fingerprint density at radius 2 is 2.00 bits per heavy atom. The minimum Gasteiger partial charge on any atom is -0.495 e. The first-order valence-corrected chi connectivity index (χ1v) is 13.1. The molecule has 1 amide bonds. The van der Waals surface area contributed by atoms with Gasteiger partial charge in [0.05, 0.1) is 22.7 Å². The van der Waals surface area contributed by atoms with E-state index >= 15 is 0 Å². The minimum absolute atomic E-state index is 0.208. The lowest BCUT2D eigenvalue weighted by Gasteiger charge is -2.30. The Labute approximate surface area is 202 Å². The largest absolute Gasteiger partial charge is 0.495 e. The summed E-state index contributed by atoms with van der Waals surface area (Å²) in [7, 11) is -2.05. The molecule has 0 spiro atoms. The van der Waals surface area contributed by atoms with Gasteiger partial charge in [0.15, 0.2) is 0 Å². The fourth-order valence-electron chi connectivity index (χ4n) is 3.73. The van der Waals surface area contributed by atoms with Crippen molar-refractivity contribution in [2.75, 3.05) is 26.7 Å². The van der Waals surface area contributed by atoms with E-state index in [-0.39, 0.29) is 11.8 Å². The second kappa shape index (κ2) is 10.2. The van der Waals surface area contributed by atoms with Gasteiger partial charge in [0.1, 0.15) is 9.96 Å². The maximum atomic E-state index is 13.1. The fourth-order valence-corrected chi connectivity index (χ4v) is 6.83. The number of piperidine rings is 1. The molecule has 1 saturated heterocycles. The van der Waals surface area contributed by atoms with Crippen molar-refractivity contribution < 1.29 is 17.9 Å². The van der Waals surface area contributed by atoms with Crippen molar-refractivity contribution in [1.82, 2.24) is 14.6 Å². The highest BCUT2D eigenvalue weighted by molar-refractivity contribution is 7.91. The van der Waals surface area contributed by atoms with Crippen molar-refractivity contribution in [2.45, 2.75) is 17.1 Å². The summed E-state index contributed by atoms with van der Waals surface area (Å²) in [6.45, 7) is 1.34. The van der Waals surface area contributed by atoms with Crippen LogP contribution in [0.4, 0.5) is 0 Å². The second-order valence-electron chi connectivity index (χ2n) is 7.74. The Morgan fingerprint density at radius 3 is 2.70 bits per heavy atom. The molecule has 2 aromatic heterocycles. The molecule has 174 valence electrons. The highest BCUT2D eigenvalue weighted by Crippen LogP contribution is 2.32. The molecular formula is C23H24ClN3O4S2. The first kappa shape index (κ1) is 23.7. The van der Waals surface area contributed by atoms with Crippen molar-refractivity contribution in [3.63, 3.8) is 0 Å². The Balaban J connectivity index is 1.32. The average molecular weight is 506 g/mol. The van der Waals surface area contributed by atoms with Crippen LogP contribution in [-0.4, -0.2) is 50.4 Å². The molecule has 0 saturated carbocycles. The lowest BCUT2D eigenvalue weighted by Crippen LogP contribution is -2.41. The summed E-state index contributed by atoms with van der Waals surface area (Å²) in [5, 5.41) is 3.38. The number of aromatic nitrogens is 1. The van der Waals surface area contributed by atoms with Crippen molar-refractivity contribution in [1.29, 1.82) is 0 Å². The average Bonchev–Trinajstić information content (AvgIpc) is 3.35. The summed E-state index contributed by atoms with van der Waals surface area (Å²) < 4.78 is 33.2. The first-order chi connectivity index (χ1) is 15.9. The third kappa shape index (κ3) is 5.38. The second-order valence-corrected chi connectivity index (χ2v) is 11.4. The number of carbonyl (C=O) groups excluding carboxylic acids is 1. The molecule has 10 heteroatoms. The molecule has 1 aliphatic rings. The fraction of sp³-hybridized carbons (Fsp3) is 0.304. The number of pyridine rings is 1. The summed E-state index contributed by atoms with van der Waals surface area (Å²) in [5.74, 6) is 0.449. The van der Waals surface area contributed by atoms with Crippen LogP contribution in [0.3, 0.4) is 0 Å². The van der Waals surface area contributed by atoms with Crippen molar-refractivity contribution in [3.05, 3.63) is 65.3 Å². The highest BCUT2D eigenvalue weighted by Gasteiger charge is 2.30. The number of amides is 1. The summed E-state index contributed by atoms with van der Waals surface area (Å²) >= 11 is 7.25. The highest BCUT2D eigenvalue weighted by atomic mass is 35.5. The molecule has 3 aromatic rings. The molecule has 3 heterocycles. The van der Waals surface area contributed by atoms with Gasteiger partial charge in [-0.3, -0.25) is 9.78 Å². The summed E-state index contributed by atoms with van der Waals surface area (Å²) in [6.07, 6.45) is 3.06. The van der Waals surface area contributed by atoms with Gasteiger partial charge in [-0.1, -0.05) is 17.7 Å². The zero-order valence-electron chi connectivity index (χ0n) is 18.0. The molecule has 4 rings (SSSR count). The number of hydrogen-bond acceptors (Lipinski definition) is 6. The molecule has 1 aromatic carbocycles. The number of hydrogen-bond donors (Lipinski definition) is 1. The number of nitrogens with zero attached hydrogens (tertiary/aromatic N) is 2. The van der Waals surface area contributed by atoms with Gasteiger partial charge in [0.25, 0.3) is 15.9 Å². The number of nitrogens with one attached hydrogen (secondary N) is 1. The smallest absolute Gasteiger partial charge is 0.252 e. The van der Waals surface area contributed by atoms with Crippen LogP contribution in [0, 0.1) is 5.92 Å². The number of sulfonamides is 1. The van der Waals surface area contributed by atoms with E-state index < -0.39 is 10.0 Å². The lowest BCUT2D eigenvalue weighted by molar-refractivity contribution is 0.0941. The molecule has 0 unspecified atom stereocenters. The van der Waals surface area contributed by atoms with Gasteiger partial charge in [-0.25, -0.2) is 8.42 Å². The number of thiophene rings is 1. The van der Waals surface area contributed by atoms with Crippen LogP contribution in [0.25, 0.3) is 10.6 Å². The number of rotatable bonds is 7. The van der Waals surface area contributed by atoms with E-state index in [0.29, 0.717) is 53.0 Å². The van der Waals surface area contributed by atoms with Crippen molar-refractivity contribution in [2.24, 2.45) is 5.92 Å². The van der Waals surface area contributed by atoms with Crippen LogP contribution in [0.15, 0.2) is 58.9 Å². The van der Waals surface area contributed by atoms with E-state index in [1.807, 2.05) is 18.2 Å². The van der Waals surface area contributed by atoms with Gasteiger partial charge in [0.2, 0.25) is 0 Å². The van der Waals surface area contributed by atoms with E-state index in [2.05, 4.69) is 10.3 Å². The molecule has 0 bridgehead atoms. The van der Waals surface area contributed by atoms with E-state index in [1.165, 1.54) is 22.8 Å². The van der Waals surface area contributed by atoms with Crippen LogP contribution in [0.1, 0.15) is 23.2 Å². The maximum absolute atomic E-state index is 13.1. The number of benzene rings is 1. The molecule has 1 aliphatic heterocycles. The van der Waals surface area contributed by atoms with Gasteiger partial charge in [-0.05, 0) is 61.2 Å². The topological polar surface area (TPSA) is 88.6 Å². The van der Waals surface area contributed by atoms with E-state index in [4.69, 9.17) is 16.3 Å². The number of carbonyl (C=O) groups is 1. The molecule has 0 atom stereocenters. The quantitative estimate of drug-likeness (QED) is 0.517. The molecule has 0 radical (unpaired) electrons. The predicted molar refractivity (Wildman–Crippen MR) is 129 cm³/mol. The monoisotopic (exact) mass is 505 g/mol. The summed E-state index contributed by atoms with van der Waals surface area (Å²) in [5.41, 5.74) is 1.23. The summed E-state index contributed by atoms with van der Waals surface area (Å²) in [4.78, 5) is 17.6. The lowest BCUT2D eigenvalue weighted by atomic mass is 9.98. The molecule has 7 nitrogen and oxygen atoms in total. The maximum Gasteiger partial charge on any atom is 0.252 e. The van der Waals surface area contributed by atoms with Crippen LogP contribution in [0.2, 0.25) is 5.02 Å². The third-order valence-electron chi connectivity index (χ3n) is 5.63. The Morgan fingerprint density at radius 1 is 1.21 bits per heavy atom. The zero-order chi connectivity index (χ0) is 23.4. The van der Waals surface area contributed by atoms with Gasteiger partial charge in [0, 0.05) is 31.4 Å². The van der Waals surface area contributed by atoms with Gasteiger partial charge in [-0.2, -0.15) is 4.31 Å². The van der Waals surface area contributed by atoms with Crippen LogP contribution >= 0.6 is 22.9 Å². The number of ether oxygens (including phenoxy) is 1. The van der Waals surface area contributed by atoms with Crippen LogP contribution in [0.5, 0.6) is 5.75 Å². The minimum atomic E-state index is -3.55. The van der Waals surface area contributed by atoms with E-state index in [1.54, 1.807) is 36.5 Å². The Kier molecular flexibility index (Phi) is 7.33. The van der Waals surface area contributed by atoms with Gasteiger partial charge >= 0.3 is 0 Å². The normalized spacial score (nSPS) is 15.3. The third-order valence-corrected chi connectivity index (χ3v) is 9.42. The standard InChI is InChI=1S/C23H24ClN3O4S2/c1-31-20-14-17(5-6-18(20)24)23(28)26-15-16-9-12-27(13-10-16)33(29,30)22-8-7-21(32-22)19-4-2-3-11-25-19/h2-8,11,14,16H,9-10,12-13,15H2,1H3,(H,26,28). The molecule has 1 fully saturated rings. The molecular weight excluding hydrogens is 482 g/mol. The summed E-state index contributed by atoms with van der Waals surface area (Å²) in [6, 6.07) is 13.9. The molecule has 33 heavy (non-hydrogen) atoms. The Bertz CT molecular complexity index is 1220. The van der Waals surface area contributed by atoms with E-state index in [0.717, 1.165) is 10.6 Å². The van der Waals surface area contributed by atoms with Crippen LogP contribution in [-0.2, 0) is 10.0 Å².